The van der Waals surface area contributed by atoms with E-state index in [1.807, 2.05) is 19.1 Å². The van der Waals surface area contributed by atoms with Gasteiger partial charge >= 0.3 is 0 Å². The van der Waals surface area contributed by atoms with Gasteiger partial charge in [0.15, 0.2) is 0 Å². The predicted molar refractivity (Wildman–Crippen MR) is 70.1 cm³/mol. The van der Waals surface area contributed by atoms with Crippen LogP contribution in [0.4, 0.5) is 0 Å². The fraction of sp³-hybridized carbons (Fsp3) is 0.429. The van der Waals surface area contributed by atoms with Crippen LogP contribution in [0.15, 0.2) is 24.3 Å². The van der Waals surface area contributed by atoms with E-state index in [-0.39, 0.29) is 18.0 Å². The highest BCUT2D eigenvalue weighted by Gasteiger charge is 2.28. The number of carbonyl (C=O) groups is 1. The molecular weight excluding hydrogens is 242 g/mol. The molecule has 3 atom stereocenters. The number of aliphatic hydroxyl groups excluding tert-OH is 1. The first kappa shape index (κ1) is 13.5. The molecule has 100 valence electrons. The van der Waals surface area contributed by atoms with Gasteiger partial charge in [-0.05, 0) is 31.0 Å². The Hall–Kier alpha value is -1.90. The Kier molecular flexibility index (Phi) is 4.15. The van der Waals surface area contributed by atoms with E-state index in [1.165, 1.54) is 0 Å². The molecular formula is C14H17N3O2. The van der Waals surface area contributed by atoms with Crippen LogP contribution >= 0.6 is 0 Å². The number of amides is 1. The highest BCUT2D eigenvalue weighted by Crippen LogP contribution is 2.14. The molecule has 1 aromatic carbocycles. The van der Waals surface area contributed by atoms with Crippen molar-refractivity contribution in [1.29, 1.82) is 5.26 Å². The first-order valence-corrected chi connectivity index (χ1v) is 6.32. The van der Waals surface area contributed by atoms with Gasteiger partial charge in [0, 0.05) is 6.54 Å². The molecule has 2 rings (SSSR count). The van der Waals surface area contributed by atoms with Crippen molar-refractivity contribution in [2.45, 2.75) is 31.5 Å². The van der Waals surface area contributed by atoms with E-state index >= 15 is 0 Å². The zero-order chi connectivity index (χ0) is 13.8. The lowest BCUT2D eigenvalue weighted by Gasteiger charge is -2.17. The summed E-state index contributed by atoms with van der Waals surface area (Å²) in [6.07, 6.45) is 0.00677. The molecule has 1 aliphatic rings. The van der Waals surface area contributed by atoms with Crippen LogP contribution in [-0.2, 0) is 4.79 Å². The average molecular weight is 259 g/mol. The third-order valence-corrected chi connectivity index (χ3v) is 3.32. The zero-order valence-corrected chi connectivity index (χ0v) is 10.8. The van der Waals surface area contributed by atoms with E-state index in [4.69, 9.17) is 5.26 Å². The van der Waals surface area contributed by atoms with Crippen LogP contribution in [0.5, 0.6) is 0 Å². The van der Waals surface area contributed by atoms with Gasteiger partial charge in [-0.1, -0.05) is 12.1 Å². The first-order chi connectivity index (χ1) is 9.10. The normalized spacial score (nSPS) is 23.6. The zero-order valence-electron chi connectivity index (χ0n) is 10.8. The number of rotatable bonds is 3. The van der Waals surface area contributed by atoms with E-state index in [1.54, 1.807) is 12.1 Å². The van der Waals surface area contributed by atoms with Gasteiger partial charge < -0.3 is 15.7 Å². The molecule has 3 unspecified atom stereocenters. The summed E-state index contributed by atoms with van der Waals surface area (Å²) in [5, 5.41) is 24.0. The van der Waals surface area contributed by atoms with Gasteiger partial charge in [0.2, 0.25) is 5.91 Å². The highest BCUT2D eigenvalue weighted by atomic mass is 16.3. The second kappa shape index (κ2) is 5.83. The topological polar surface area (TPSA) is 85.2 Å². The molecule has 0 saturated carbocycles. The summed E-state index contributed by atoms with van der Waals surface area (Å²) in [7, 11) is 0. The second-order valence-corrected chi connectivity index (χ2v) is 4.81. The lowest BCUT2D eigenvalue weighted by Crippen LogP contribution is -2.41. The molecule has 0 aromatic heterocycles. The summed E-state index contributed by atoms with van der Waals surface area (Å²) >= 11 is 0. The summed E-state index contributed by atoms with van der Waals surface area (Å²) in [6, 6.07) is 8.74. The van der Waals surface area contributed by atoms with E-state index in [0.717, 1.165) is 5.56 Å². The molecule has 3 N–H and O–H groups in total. The van der Waals surface area contributed by atoms with Crippen molar-refractivity contribution >= 4 is 5.91 Å². The number of hydrogen-bond acceptors (Lipinski definition) is 4. The molecule has 5 nitrogen and oxygen atoms in total. The smallest absolute Gasteiger partial charge is 0.237 e. The van der Waals surface area contributed by atoms with Crippen molar-refractivity contribution < 1.29 is 9.90 Å². The van der Waals surface area contributed by atoms with Crippen molar-refractivity contribution in [3.05, 3.63) is 35.4 Å². The Morgan fingerprint density at radius 1 is 1.53 bits per heavy atom. The molecule has 0 radical (unpaired) electrons. The third-order valence-electron chi connectivity index (χ3n) is 3.32. The maximum atomic E-state index is 12.0. The van der Waals surface area contributed by atoms with Crippen LogP contribution < -0.4 is 10.6 Å². The summed E-state index contributed by atoms with van der Waals surface area (Å²) < 4.78 is 0. The average Bonchev–Trinajstić information content (AvgIpc) is 2.85. The molecule has 0 bridgehead atoms. The summed E-state index contributed by atoms with van der Waals surface area (Å²) in [4.78, 5) is 12.0. The first-order valence-electron chi connectivity index (χ1n) is 6.32. The molecule has 0 aliphatic carbocycles. The fourth-order valence-electron chi connectivity index (χ4n) is 2.16. The number of aliphatic hydroxyl groups is 1. The fourth-order valence-corrected chi connectivity index (χ4v) is 2.16. The molecule has 1 aliphatic heterocycles. The molecule has 5 heteroatoms. The van der Waals surface area contributed by atoms with Crippen LogP contribution in [0.2, 0.25) is 0 Å². The number of nitrogens with zero attached hydrogens (tertiary/aromatic N) is 1. The molecule has 1 amide bonds. The molecule has 1 heterocycles. The SMILES string of the molecule is CC(NC(=O)C1CC(O)CN1)c1ccc(C#N)cc1. The molecule has 1 fully saturated rings. The van der Waals surface area contributed by atoms with Gasteiger partial charge in [0.25, 0.3) is 0 Å². The van der Waals surface area contributed by atoms with Crippen molar-refractivity contribution in [3.8, 4) is 6.07 Å². The Morgan fingerprint density at radius 2 is 2.21 bits per heavy atom. The van der Waals surface area contributed by atoms with Gasteiger partial charge in [-0.2, -0.15) is 5.26 Å². The van der Waals surface area contributed by atoms with Gasteiger partial charge in [0.05, 0.1) is 29.8 Å². The number of benzene rings is 1. The van der Waals surface area contributed by atoms with Gasteiger partial charge in [-0.3, -0.25) is 4.79 Å². The standard InChI is InChI=1S/C14H17N3O2/c1-9(11-4-2-10(7-15)3-5-11)17-14(19)13-6-12(18)8-16-13/h2-5,9,12-13,16,18H,6,8H2,1H3,(H,17,19). The number of carbonyl (C=O) groups excluding carboxylic acids is 1. The van der Waals surface area contributed by atoms with E-state index < -0.39 is 6.10 Å². The molecule has 1 saturated heterocycles. The van der Waals surface area contributed by atoms with E-state index in [9.17, 15) is 9.90 Å². The quantitative estimate of drug-likeness (QED) is 0.736. The van der Waals surface area contributed by atoms with Crippen LogP contribution in [0, 0.1) is 11.3 Å². The van der Waals surface area contributed by atoms with Crippen molar-refractivity contribution in [1.82, 2.24) is 10.6 Å². The minimum Gasteiger partial charge on any atom is -0.392 e. The highest BCUT2D eigenvalue weighted by molar-refractivity contribution is 5.82. The lowest BCUT2D eigenvalue weighted by atomic mass is 10.1. The lowest BCUT2D eigenvalue weighted by molar-refractivity contribution is -0.123. The van der Waals surface area contributed by atoms with Crippen LogP contribution in [-0.4, -0.2) is 29.7 Å². The van der Waals surface area contributed by atoms with Gasteiger partial charge in [0.1, 0.15) is 0 Å². The summed E-state index contributed by atoms with van der Waals surface area (Å²) in [5.41, 5.74) is 1.55. The summed E-state index contributed by atoms with van der Waals surface area (Å²) in [5.74, 6) is -0.103. The largest absolute Gasteiger partial charge is 0.392 e. The maximum Gasteiger partial charge on any atom is 0.237 e. The van der Waals surface area contributed by atoms with Crippen molar-refractivity contribution in [3.63, 3.8) is 0 Å². The Balaban J connectivity index is 1.94. The predicted octanol–water partition coefficient (Wildman–Crippen LogP) is 0.458. The Bertz CT molecular complexity index is 492. The van der Waals surface area contributed by atoms with Crippen LogP contribution in [0.25, 0.3) is 0 Å². The van der Waals surface area contributed by atoms with Crippen molar-refractivity contribution in [2.24, 2.45) is 0 Å². The Morgan fingerprint density at radius 3 is 2.74 bits per heavy atom. The monoisotopic (exact) mass is 259 g/mol. The number of nitriles is 1. The number of hydrogen-bond donors (Lipinski definition) is 3. The minimum atomic E-state index is -0.444. The van der Waals surface area contributed by atoms with Gasteiger partial charge in [-0.25, -0.2) is 0 Å². The molecule has 0 spiro atoms. The number of β-amino-alcohol motifs (C(OH)–C–C–N with tert-alkyl or cyclic N) is 1. The summed E-state index contributed by atoms with van der Waals surface area (Å²) in [6.45, 7) is 2.36. The van der Waals surface area contributed by atoms with Crippen LogP contribution in [0.1, 0.15) is 30.5 Å². The van der Waals surface area contributed by atoms with E-state index in [0.29, 0.717) is 18.5 Å². The maximum absolute atomic E-state index is 12.0. The van der Waals surface area contributed by atoms with Crippen LogP contribution in [0.3, 0.4) is 0 Å². The number of nitrogens with one attached hydrogen (secondary N) is 2. The van der Waals surface area contributed by atoms with E-state index in [2.05, 4.69) is 16.7 Å². The second-order valence-electron chi connectivity index (χ2n) is 4.81. The third kappa shape index (κ3) is 3.31. The van der Waals surface area contributed by atoms with Crippen molar-refractivity contribution in [2.75, 3.05) is 6.54 Å². The molecule has 19 heavy (non-hydrogen) atoms. The molecule has 1 aromatic rings. The Labute approximate surface area is 112 Å². The van der Waals surface area contributed by atoms with Gasteiger partial charge in [-0.15, -0.1) is 0 Å². The minimum absolute atomic E-state index is 0.103.